The Morgan fingerprint density at radius 1 is 1.25 bits per heavy atom. The molecule has 0 unspecified atom stereocenters. The molecule has 2 rings (SSSR count). The van der Waals surface area contributed by atoms with Gasteiger partial charge in [-0.2, -0.15) is 0 Å². The molecule has 0 atom stereocenters. The van der Waals surface area contributed by atoms with Crippen LogP contribution in [0, 0.1) is 5.82 Å². The number of halogens is 2. The zero-order chi connectivity index (χ0) is 14.5. The standard InChI is InChI=1S/C14H12ClFN2OS/c15-10-4-6-11(7-5-10)20-8-9-2-1-3-12(13(9)16)14(17)18-19/h1-7,19H,8H2,(H2,17,18). The van der Waals surface area contributed by atoms with Crippen LogP contribution in [0.3, 0.4) is 0 Å². The Morgan fingerprint density at radius 2 is 1.95 bits per heavy atom. The molecular formula is C14H12ClFN2OS. The highest BCUT2D eigenvalue weighted by atomic mass is 35.5. The summed E-state index contributed by atoms with van der Waals surface area (Å²) in [5, 5.41) is 12.1. The van der Waals surface area contributed by atoms with Gasteiger partial charge in [-0.25, -0.2) is 4.39 Å². The zero-order valence-electron chi connectivity index (χ0n) is 10.4. The quantitative estimate of drug-likeness (QED) is 0.296. The van der Waals surface area contributed by atoms with E-state index < -0.39 is 5.82 Å². The third-order valence-electron chi connectivity index (χ3n) is 2.67. The van der Waals surface area contributed by atoms with Crippen molar-refractivity contribution in [1.82, 2.24) is 0 Å². The van der Waals surface area contributed by atoms with Crippen molar-refractivity contribution in [3.63, 3.8) is 0 Å². The molecule has 20 heavy (non-hydrogen) atoms. The lowest BCUT2D eigenvalue weighted by Gasteiger charge is -2.07. The lowest BCUT2D eigenvalue weighted by molar-refractivity contribution is 0.318. The number of hydrogen-bond donors (Lipinski definition) is 2. The summed E-state index contributed by atoms with van der Waals surface area (Å²) in [4.78, 5) is 0.989. The first-order valence-electron chi connectivity index (χ1n) is 5.75. The van der Waals surface area contributed by atoms with Gasteiger partial charge in [0.2, 0.25) is 0 Å². The summed E-state index contributed by atoms with van der Waals surface area (Å²) >= 11 is 7.29. The predicted molar refractivity (Wildman–Crippen MR) is 79.9 cm³/mol. The van der Waals surface area contributed by atoms with Crippen molar-refractivity contribution >= 4 is 29.2 Å². The number of thioether (sulfide) groups is 1. The first kappa shape index (κ1) is 14.7. The minimum atomic E-state index is -0.468. The SMILES string of the molecule is N/C(=N/O)c1cccc(CSc2ccc(Cl)cc2)c1F. The molecule has 0 aliphatic heterocycles. The summed E-state index contributed by atoms with van der Waals surface area (Å²) < 4.78 is 14.2. The van der Waals surface area contributed by atoms with Crippen molar-refractivity contribution < 1.29 is 9.60 Å². The van der Waals surface area contributed by atoms with Crippen LogP contribution in [0.25, 0.3) is 0 Å². The second kappa shape index (κ2) is 6.63. The van der Waals surface area contributed by atoms with Crippen molar-refractivity contribution in [3.05, 3.63) is 64.4 Å². The minimum absolute atomic E-state index is 0.0988. The van der Waals surface area contributed by atoms with E-state index in [1.807, 2.05) is 12.1 Å². The van der Waals surface area contributed by atoms with Crippen molar-refractivity contribution in [3.8, 4) is 0 Å². The predicted octanol–water partition coefficient (Wildman–Crippen LogP) is 3.87. The van der Waals surface area contributed by atoms with E-state index >= 15 is 0 Å². The largest absolute Gasteiger partial charge is 0.409 e. The third-order valence-corrected chi connectivity index (χ3v) is 3.98. The van der Waals surface area contributed by atoms with Gasteiger partial charge in [-0.05, 0) is 35.9 Å². The Hall–Kier alpha value is -1.72. The van der Waals surface area contributed by atoms with Crippen LogP contribution in [0.5, 0.6) is 0 Å². The number of rotatable bonds is 4. The number of nitrogens with zero attached hydrogens (tertiary/aromatic N) is 1. The molecule has 0 saturated carbocycles. The molecule has 0 aliphatic rings. The van der Waals surface area contributed by atoms with Crippen LogP contribution in [0.15, 0.2) is 52.5 Å². The molecule has 0 bridgehead atoms. The van der Waals surface area contributed by atoms with Crippen molar-refractivity contribution in [2.24, 2.45) is 10.9 Å². The average Bonchev–Trinajstić information content (AvgIpc) is 2.47. The van der Waals surface area contributed by atoms with Gasteiger partial charge in [0.15, 0.2) is 5.84 Å². The zero-order valence-corrected chi connectivity index (χ0v) is 12.0. The second-order valence-corrected chi connectivity index (χ2v) is 5.49. The lowest BCUT2D eigenvalue weighted by Crippen LogP contribution is -2.15. The first-order valence-corrected chi connectivity index (χ1v) is 7.12. The molecule has 3 nitrogen and oxygen atoms in total. The molecule has 0 aliphatic carbocycles. The molecule has 0 aromatic heterocycles. The van der Waals surface area contributed by atoms with Crippen LogP contribution >= 0.6 is 23.4 Å². The number of amidine groups is 1. The van der Waals surface area contributed by atoms with Gasteiger partial charge in [0.1, 0.15) is 5.82 Å². The van der Waals surface area contributed by atoms with Crippen molar-refractivity contribution in [2.45, 2.75) is 10.6 Å². The lowest BCUT2D eigenvalue weighted by atomic mass is 10.1. The van der Waals surface area contributed by atoms with Gasteiger partial charge >= 0.3 is 0 Å². The van der Waals surface area contributed by atoms with E-state index in [2.05, 4.69) is 5.16 Å². The molecule has 2 aromatic carbocycles. The maximum absolute atomic E-state index is 14.2. The monoisotopic (exact) mass is 310 g/mol. The summed E-state index contributed by atoms with van der Waals surface area (Å²) in [5.41, 5.74) is 6.02. The molecule has 0 heterocycles. The van der Waals surface area contributed by atoms with E-state index in [1.54, 1.807) is 24.3 Å². The number of benzene rings is 2. The van der Waals surface area contributed by atoms with E-state index in [0.29, 0.717) is 16.3 Å². The number of hydrogen-bond acceptors (Lipinski definition) is 3. The minimum Gasteiger partial charge on any atom is -0.409 e. The fraction of sp³-hybridized carbons (Fsp3) is 0.0714. The molecule has 0 fully saturated rings. The normalized spacial score (nSPS) is 11.6. The second-order valence-electron chi connectivity index (χ2n) is 4.01. The Balaban J connectivity index is 2.16. The maximum atomic E-state index is 14.2. The van der Waals surface area contributed by atoms with E-state index in [9.17, 15) is 4.39 Å². The average molecular weight is 311 g/mol. The van der Waals surface area contributed by atoms with E-state index in [4.69, 9.17) is 22.5 Å². The fourth-order valence-corrected chi connectivity index (χ4v) is 2.63. The molecule has 6 heteroatoms. The molecule has 0 amide bonds. The molecule has 2 aromatic rings. The Labute approximate surface area is 125 Å². The fourth-order valence-electron chi connectivity index (χ4n) is 1.63. The first-order chi connectivity index (χ1) is 9.61. The molecule has 0 radical (unpaired) electrons. The molecular weight excluding hydrogens is 299 g/mol. The van der Waals surface area contributed by atoms with Gasteiger partial charge in [-0.1, -0.05) is 28.9 Å². The van der Waals surface area contributed by atoms with Gasteiger partial charge in [-0.3, -0.25) is 0 Å². The van der Waals surface area contributed by atoms with Crippen LogP contribution in [0.4, 0.5) is 4.39 Å². The van der Waals surface area contributed by atoms with Crippen LogP contribution in [0.1, 0.15) is 11.1 Å². The number of oxime groups is 1. The summed E-state index contributed by atoms with van der Waals surface area (Å²) in [6, 6.07) is 12.1. The summed E-state index contributed by atoms with van der Waals surface area (Å²) in [6.45, 7) is 0. The van der Waals surface area contributed by atoms with Gasteiger partial charge < -0.3 is 10.9 Å². The molecule has 104 valence electrons. The van der Waals surface area contributed by atoms with E-state index in [0.717, 1.165) is 4.90 Å². The Kier molecular flexibility index (Phi) is 4.87. The molecule has 0 spiro atoms. The highest BCUT2D eigenvalue weighted by Crippen LogP contribution is 2.26. The van der Waals surface area contributed by atoms with Gasteiger partial charge in [0.25, 0.3) is 0 Å². The smallest absolute Gasteiger partial charge is 0.173 e. The van der Waals surface area contributed by atoms with Gasteiger partial charge in [0.05, 0.1) is 5.56 Å². The summed E-state index contributed by atoms with van der Waals surface area (Å²) in [7, 11) is 0. The Morgan fingerprint density at radius 3 is 2.60 bits per heavy atom. The summed E-state index contributed by atoms with van der Waals surface area (Å²) in [5.74, 6) is -0.259. The molecule has 3 N–H and O–H groups in total. The van der Waals surface area contributed by atoms with Crippen LogP contribution in [-0.2, 0) is 5.75 Å². The van der Waals surface area contributed by atoms with Crippen LogP contribution in [-0.4, -0.2) is 11.0 Å². The maximum Gasteiger partial charge on any atom is 0.173 e. The van der Waals surface area contributed by atoms with Crippen LogP contribution < -0.4 is 5.73 Å². The van der Waals surface area contributed by atoms with Crippen LogP contribution in [0.2, 0.25) is 5.02 Å². The van der Waals surface area contributed by atoms with Crippen molar-refractivity contribution in [1.29, 1.82) is 0 Å². The van der Waals surface area contributed by atoms with E-state index in [1.165, 1.54) is 17.8 Å². The molecule has 0 saturated heterocycles. The van der Waals surface area contributed by atoms with Crippen molar-refractivity contribution in [2.75, 3.05) is 0 Å². The van der Waals surface area contributed by atoms with Gasteiger partial charge in [-0.15, -0.1) is 11.8 Å². The topological polar surface area (TPSA) is 58.6 Å². The third kappa shape index (κ3) is 3.43. The highest BCUT2D eigenvalue weighted by Gasteiger charge is 2.11. The van der Waals surface area contributed by atoms with Gasteiger partial charge in [0, 0.05) is 15.7 Å². The number of nitrogens with two attached hydrogens (primary N) is 1. The van der Waals surface area contributed by atoms with E-state index in [-0.39, 0.29) is 11.4 Å². The summed E-state index contributed by atoms with van der Waals surface area (Å²) in [6.07, 6.45) is 0. The Bertz CT molecular complexity index is 632. The highest BCUT2D eigenvalue weighted by molar-refractivity contribution is 7.98.